The van der Waals surface area contributed by atoms with Gasteiger partial charge in [0.15, 0.2) is 11.6 Å². The van der Waals surface area contributed by atoms with Crippen LogP contribution in [-0.4, -0.2) is 9.97 Å². The van der Waals surface area contributed by atoms with Gasteiger partial charge in [-0.2, -0.15) is 9.37 Å². The first-order chi connectivity index (χ1) is 8.99. The smallest absolute Gasteiger partial charge is 0.224 e. The number of ether oxygens (including phenoxy) is 1. The number of hydrogen-bond acceptors (Lipinski definition) is 5. The molecule has 0 saturated heterocycles. The molecule has 8 heteroatoms. The molecular weight excluding hydrogens is 322 g/mol. The molecule has 0 aliphatic rings. The number of hydrazine groups is 1. The van der Waals surface area contributed by atoms with E-state index in [0.717, 1.165) is 6.07 Å². The predicted octanol–water partition coefficient (Wildman–Crippen LogP) is 2.90. The van der Waals surface area contributed by atoms with E-state index >= 15 is 0 Å². The number of nitrogens with one attached hydrogen (secondary N) is 1. The van der Waals surface area contributed by atoms with Crippen molar-refractivity contribution in [3.8, 4) is 11.6 Å². The minimum atomic E-state index is -1.10. The van der Waals surface area contributed by atoms with Crippen molar-refractivity contribution < 1.29 is 13.5 Å². The van der Waals surface area contributed by atoms with Gasteiger partial charge in [-0.3, -0.25) is 0 Å². The largest absolute Gasteiger partial charge is 0.436 e. The zero-order valence-corrected chi connectivity index (χ0v) is 11.3. The van der Waals surface area contributed by atoms with E-state index < -0.39 is 11.6 Å². The van der Waals surface area contributed by atoms with Gasteiger partial charge in [-0.25, -0.2) is 15.2 Å². The Balaban J connectivity index is 2.38. The number of halogens is 3. The lowest BCUT2D eigenvalue weighted by atomic mass is 10.3. The molecule has 2 aromatic rings. The monoisotopic (exact) mass is 330 g/mol. The van der Waals surface area contributed by atoms with Gasteiger partial charge in [-0.1, -0.05) is 15.9 Å². The van der Waals surface area contributed by atoms with E-state index in [4.69, 9.17) is 10.6 Å². The second kappa shape index (κ2) is 5.45. The topological polar surface area (TPSA) is 73.1 Å². The molecule has 0 aliphatic carbocycles. The van der Waals surface area contributed by atoms with E-state index in [-0.39, 0.29) is 11.6 Å². The average Bonchev–Trinajstić information content (AvgIpc) is 2.34. The number of nitrogens with two attached hydrogens (primary N) is 1. The minimum Gasteiger partial charge on any atom is -0.436 e. The predicted molar refractivity (Wildman–Crippen MR) is 68.7 cm³/mol. The van der Waals surface area contributed by atoms with Crippen LogP contribution in [0.1, 0.15) is 5.82 Å². The zero-order chi connectivity index (χ0) is 14.0. The van der Waals surface area contributed by atoms with Gasteiger partial charge in [0.2, 0.25) is 11.7 Å². The molecule has 0 saturated carbocycles. The zero-order valence-electron chi connectivity index (χ0n) is 9.75. The summed E-state index contributed by atoms with van der Waals surface area (Å²) in [5.74, 6) is 3.55. The number of rotatable bonds is 3. The van der Waals surface area contributed by atoms with Gasteiger partial charge in [0.05, 0.1) is 0 Å². The van der Waals surface area contributed by atoms with Gasteiger partial charge < -0.3 is 10.2 Å². The Kier molecular flexibility index (Phi) is 3.91. The summed E-state index contributed by atoms with van der Waals surface area (Å²) < 4.78 is 32.3. The SMILES string of the molecule is Cc1nc(NN)cc(Oc2cc(Br)cc(F)c2F)n1. The highest BCUT2D eigenvalue weighted by Gasteiger charge is 2.13. The standard InChI is InChI=1S/C11H9BrF2N4O/c1-5-16-9(18-15)4-10(17-5)19-8-3-6(12)2-7(13)11(8)14/h2-4H,15H2,1H3,(H,16,17,18). The molecule has 1 aromatic heterocycles. The summed E-state index contributed by atoms with van der Waals surface area (Å²) in [5.41, 5.74) is 2.32. The number of hydrogen-bond donors (Lipinski definition) is 2. The van der Waals surface area contributed by atoms with Crippen molar-refractivity contribution in [2.24, 2.45) is 5.84 Å². The molecule has 0 spiro atoms. The van der Waals surface area contributed by atoms with Crippen LogP contribution in [-0.2, 0) is 0 Å². The van der Waals surface area contributed by atoms with Crippen molar-refractivity contribution in [2.75, 3.05) is 5.43 Å². The van der Waals surface area contributed by atoms with Gasteiger partial charge in [0.1, 0.15) is 11.6 Å². The van der Waals surface area contributed by atoms with Gasteiger partial charge in [-0.05, 0) is 19.1 Å². The van der Waals surface area contributed by atoms with Crippen LogP contribution in [0.2, 0.25) is 0 Å². The second-order valence-electron chi connectivity index (χ2n) is 3.58. The summed E-state index contributed by atoms with van der Waals surface area (Å²) in [6, 6.07) is 3.66. The second-order valence-corrected chi connectivity index (χ2v) is 4.50. The summed E-state index contributed by atoms with van der Waals surface area (Å²) >= 11 is 3.05. The molecule has 0 unspecified atom stereocenters. The summed E-state index contributed by atoms with van der Waals surface area (Å²) in [7, 11) is 0. The minimum absolute atomic E-state index is 0.0526. The Labute approximate surface area is 115 Å². The molecule has 0 fully saturated rings. The average molecular weight is 331 g/mol. The van der Waals surface area contributed by atoms with Crippen molar-refractivity contribution in [1.82, 2.24) is 9.97 Å². The highest BCUT2D eigenvalue weighted by molar-refractivity contribution is 9.10. The third-order valence-electron chi connectivity index (χ3n) is 2.14. The molecule has 1 aromatic carbocycles. The van der Waals surface area contributed by atoms with Gasteiger partial charge in [0, 0.05) is 10.5 Å². The summed E-state index contributed by atoms with van der Waals surface area (Å²) in [4.78, 5) is 7.89. The molecule has 100 valence electrons. The Morgan fingerprint density at radius 2 is 2.00 bits per heavy atom. The normalized spacial score (nSPS) is 10.4. The maximum Gasteiger partial charge on any atom is 0.224 e. The third-order valence-corrected chi connectivity index (χ3v) is 2.59. The number of anilines is 1. The van der Waals surface area contributed by atoms with Crippen LogP contribution < -0.4 is 16.0 Å². The number of aromatic nitrogens is 2. The molecular formula is C11H9BrF2N4O. The van der Waals surface area contributed by atoms with Crippen LogP contribution in [0.3, 0.4) is 0 Å². The van der Waals surface area contributed by atoms with Crippen molar-refractivity contribution in [2.45, 2.75) is 6.92 Å². The van der Waals surface area contributed by atoms with E-state index in [9.17, 15) is 8.78 Å². The van der Waals surface area contributed by atoms with Gasteiger partial charge in [-0.15, -0.1) is 0 Å². The lowest BCUT2D eigenvalue weighted by Gasteiger charge is -2.09. The molecule has 19 heavy (non-hydrogen) atoms. The lowest BCUT2D eigenvalue weighted by molar-refractivity contribution is 0.403. The molecule has 0 atom stereocenters. The Morgan fingerprint density at radius 1 is 1.26 bits per heavy atom. The number of nitrogens with zero attached hydrogens (tertiary/aromatic N) is 2. The van der Waals surface area contributed by atoms with Crippen LogP contribution in [0.4, 0.5) is 14.6 Å². The first-order valence-corrected chi connectivity index (χ1v) is 5.93. The van der Waals surface area contributed by atoms with Gasteiger partial charge >= 0.3 is 0 Å². The lowest BCUT2D eigenvalue weighted by Crippen LogP contribution is -2.10. The van der Waals surface area contributed by atoms with Crippen LogP contribution >= 0.6 is 15.9 Å². The third kappa shape index (κ3) is 3.15. The first kappa shape index (κ1) is 13.6. The van der Waals surface area contributed by atoms with Crippen molar-refractivity contribution in [3.63, 3.8) is 0 Å². The van der Waals surface area contributed by atoms with E-state index in [1.165, 1.54) is 12.1 Å². The van der Waals surface area contributed by atoms with Crippen molar-refractivity contribution in [1.29, 1.82) is 0 Å². The number of nitrogen functional groups attached to an aromatic ring is 1. The Hall–Kier alpha value is -1.80. The Morgan fingerprint density at radius 3 is 2.68 bits per heavy atom. The highest BCUT2D eigenvalue weighted by atomic mass is 79.9. The molecule has 3 N–H and O–H groups in total. The molecule has 1 heterocycles. The molecule has 2 rings (SSSR count). The summed E-state index contributed by atoms with van der Waals surface area (Å²) in [5, 5.41) is 0. The molecule has 0 radical (unpaired) electrons. The van der Waals surface area contributed by atoms with Crippen molar-refractivity contribution >= 4 is 21.7 Å². The van der Waals surface area contributed by atoms with Crippen LogP contribution in [0.15, 0.2) is 22.7 Å². The number of aryl methyl sites for hydroxylation is 1. The molecule has 0 amide bonds. The fourth-order valence-electron chi connectivity index (χ4n) is 1.39. The molecule has 0 aliphatic heterocycles. The summed E-state index contributed by atoms with van der Waals surface area (Å²) in [6.45, 7) is 1.62. The van der Waals surface area contributed by atoms with E-state index in [1.807, 2.05) is 0 Å². The van der Waals surface area contributed by atoms with Crippen LogP contribution in [0.25, 0.3) is 0 Å². The quantitative estimate of drug-likeness (QED) is 0.514. The highest BCUT2D eigenvalue weighted by Crippen LogP contribution is 2.29. The fourth-order valence-corrected chi connectivity index (χ4v) is 1.79. The van der Waals surface area contributed by atoms with E-state index in [1.54, 1.807) is 6.92 Å². The van der Waals surface area contributed by atoms with Crippen molar-refractivity contribution in [3.05, 3.63) is 40.1 Å². The summed E-state index contributed by atoms with van der Waals surface area (Å²) in [6.07, 6.45) is 0. The first-order valence-electron chi connectivity index (χ1n) is 5.14. The van der Waals surface area contributed by atoms with Crippen LogP contribution in [0, 0.1) is 18.6 Å². The molecule has 0 bridgehead atoms. The van der Waals surface area contributed by atoms with Gasteiger partial charge in [0.25, 0.3) is 0 Å². The maximum absolute atomic E-state index is 13.5. The van der Waals surface area contributed by atoms with Crippen LogP contribution in [0.5, 0.6) is 11.6 Å². The number of benzene rings is 1. The van der Waals surface area contributed by atoms with E-state index in [0.29, 0.717) is 16.1 Å². The van der Waals surface area contributed by atoms with E-state index in [2.05, 4.69) is 31.3 Å². The Bertz CT molecular complexity index is 624. The maximum atomic E-state index is 13.5. The molecule has 5 nitrogen and oxygen atoms in total. The fraction of sp³-hybridized carbons (Fsp3) is 0.0909.